The molecule has 22 heavy (non-hydrogen) atoms. The Morgan fingerprint density at radius 1 is 1.32 bits per heavy atom. The van der Waals surface area contributed by atoms with Crippen LogP contribution in [0.2, 0.25) is 0 Å². The van der Waals surface area contributed by atoms with Crippen molar-refractivity contribution in [2.45, 2.75) is 45.1 Å². The largest absolute Gasteiger partial charge is 0.357 e. The van der Waals surface area contributed by atoms with E-state index in [1.54, 1.807) is 6.20 Å². The lowest BCUT2D eigenvalue weighted by atomic mass is 9.87. The van der Waals surface area contributed by atoms with E-state index in [0.717, 1.165) is 37.3 Å². The van der Waals surface area contributed by atoms with Gasteiger partial charge in [0, 0.05) is 25.8 Å². The van der Waals surface area contributed by atoms with Gasteiger partial charge in [0.2, 0.25) is 5.91 Å². The molecule has 1 aromatic heterocycles. The van der Waals surface area contributed by atoms with Crippen LogP contribution in [0.1, 0.15) is 44.1 Å². The lowest BCUT2D eigenvalue weighted by Crippen LogP contribution is -2.37. The minimum Gasteiger partial charge on any atom is -0.357 e. The van der Waals surface area contributed by atoms with Crippen LogP contribution in [-0.2, 0) is 11.3 Å². The van der Waals surface area contributed by atoms with E-state index in [0.29, 0.717) is 19.4 Å². The Morgan fingerprint density at radius 3 is 2.73 bits per heavy atom. The summed E-state index contributed by atoms with van der Waals surface area (Å²) in [6, 6.07) is 6.20. The maximum absolute atomic E-state index is 12.4. The predicted molar refractivity (Wildman–Crippen MR) is 84.0 cm³/mol. The third-order valence-electron chi connectivity index (χ3n) is 4.80. The second kappa shape index (κ2) is 6.35. The Hall–Kier alpha value is -2.09. The van der Waals surface area contributed by atoms with Gasteiger partial charge in [-0.1, -0.05) is 12.8 Å². The monoisotopic (exact) mass is 298 g/mol. The van der Waals surface area contributed by atoms with E-state index < -0.39 is 5.41 Å². The number of nitriles is 1. The Labute approximate surface area is 131 Å². The van der Waals surface area contributed by atoms with Gasteiger partial charge in [0.1, 0.15) is 11.2 Å². The Kier molecular flexibility index (Phi) is 4.28. The molecule has 1 N–H and O–H groups in total. The molecule has 0 spiro atoms. The van der Waals surface area contributed by atoms with Gasteiger partial charge in [-0.2, -0.15) is 5.26 Å². The molecule has 2 heterocycles. The molecule has 1 saturated heterocycles. The van der Waals surface area contributed by atoms with Crippen molar-refractivity contribution in [2.75, 3.05) is 18.0 Å². The van der Waals surface area contributed by atoms with Crippen LogP contribution >= 0.6 is 0 Å². The lowest BCUT2D eigenvalue weighted by Gasteiger charge is -2.20. The van der Waals surface area contributed by atoms with Gasteiger partial charge in [-0.3, -0.25) is 4.79 Å². The summed E-state index contributed by atoms with van der Waals surface area (Å²) >= 11 is 0. The van der Waals surface area contributed by atoms with Crippen molar-refractivity contribution in [3.63, 3.8) is 0 Å². The first-order valence-electron chi connectivity index (χ1n) is 8.13. The van der Waals surface area contributed by atoms with Crippen molar-refractivity contribution < 1.29 is 4.79 Å². The lowest BCUT2D eigenvalue weighted by molar-refractivity contribution is -0.128. The molecule has 0 radical (unpaired) electrons. The van der Waals surface area contributed by atoms with Gasteiger partial charge in [0.05, 0.1) is 6.07 Å². The molecule has 0 atom stereocenters. The van der Waals surface area contributed by atoms with Crippen LogP contribution in [0.5, 0.6) is 0 Å². The minimum atomic E-state index is -0.801. The van der Waals surface area contributed by atoms with Crippen LogP contribution < -0.4 is 10.2 Å². The zero-order valence-electron chi connectivity index (χ0n) is 12.8. The van der Waals surface area contributed by atoms with Crippen molar-refractivity contribution in [1.82, 2.24) is 10.3 Å². The number of amides is 1. The van der Waals surface area contributed by atoms with Crippen LogP contribution in [0, 0.1) is 16.7 Å². The smallest absolute Gasteiger partial charge is 0.240 e. The van der Waals surface area contributed by atoms with Crippen LogP contribution in [0.25, 0.3) is 0 Å². The van der Waals surface area contributed by atoms with Gasteiger partial charge < -0.3 is 10.2 Å². The molecule has 5 heteroatoms. The number of carbonyl (C=O) groups is 1. The van der Waals surface area contributed by atoms with Crippen LogP contribution in [-0.4, -0.2) is 24.0 Å². The van der Waals surface area contributed by atoms with E-state index in [4.69, 9.17) is 0 Å². The molecule has 0 aromatic carbocycles. The summed E-state index contributed by atoms with van der Waals surface area (Å²) < 4.78 is 0. The fourth-order valence-corrected chi connectivity index (χ4v) is 3.41. The SMILES string of the molecule is N#CC1(C(=O)NCc2ccnc(N3CCCC3)c2)CCCC1. The van der Waals surface area contributed by atoms with Crippen molar-refractivity contribution in [2.24, 2.45) is 5.41 Å². The summed E-state index contributed by atoms with van der Waals surface area (Å²) in [4.78, 5) is 19.0. The first-order chi connectivity index (χ1) is 10.7. The number of rotatable bonds is 4. The molecule has 1 aliphatic heterocycles. The minimum absolute atomic E-state index is 0.118. The standard InChI is InChI=1S/C17H22N4O/c18-13-17(6-1-2-7-17)16(22)20-12-14-5-8-19-15(11-14)21-9-3-4-10-21/h5,8,11H,1-4,6-7,9-10,12H2,(H,20,22). The van der Waals surface area contributed by atoms with Gasteiger partial charge >= 0.3 is 0 Å². The zero-order valence-corrected chi connectivity index (χ0v) is 12.8. The van der Waals surface area contributed by atoms with Gasteiger partial charge in [0.15, 0.2) is 0 Å². The Balaban J connectivity index is 1.63. The van der Waals surface area contributed by atoms with E-state index in [1.165, 1.54) is 12.8 Å². The molecule has 1 saturated carbocycles. The van der Waals surface area contributed by atoms with Crippen molar-refractivity contribution in [1.29, 1.82) is 5.26 Å². The number of nitrogens with one attached hydrogen (secondary N) is 1. The highest BCUT2D eigenvalue weighted by atomic mass is 16.2. The van der Waals surface area contributed by atoms with E-state index in [1.807, 2.05) is 12.1 Å². The number of carbonyl (C=O) groups excluding carboxylic acids is 1. The average Bonchev–Trinajstić information content (AvgIpc) is 3.24. The van der Waals surface area contributed by atoms with E-state index in [-0.39, 0.29) is 5.91 Å². The molecular formula is C17H22N4O. The molecule has 2 fully saturated rings. The highest BCUT2D eigenvalue weighted by molar-refractivity contribution is 5.85. The molecular weight excluding hydrogens is 276 g/mol. The summed E-state index contributed by atoms with van der Waals surface area (Å²) in [6.45, 7) is 2.58. The second-order valence-electron chi connectivity index (χ2n) is 6.30. The first-order valence-corrected chi connectivity index (χ1v) is 8.13. The third kappa shape index (κ3) is 2.92. The maximum atomic E-state index is 12.4. The highest BCUT2D eigenvalue weighted by Crippen LogP contribution is 2.37. The normalized spacial score (nSPS) is 19.9. The topological polar surface area (TPSA) is 69.0 Å². The number of hydrogen-bond donors (Lipinski definition) is 1. The maximum Gasteiger partial charge on any atom is 0.240 e. The molecule has 1 aromatic rings. The predicted octanol–water partition coefficient (Wildman–Crippen LogP) is 2.38. The van der Waals surface area contributed by atoms with Gasteiger partial charge in [-0.05, 0) is 43.4 Å². The molecule has 3 rings (SSSR count). The third-order valence-corrected chi connectivity index (χ3v) is 4.80. The molecule has 116 valence electrons. The molecule has 5 nitrogen and oxygen atoms in total. The zero-order chi connectivity index (χ0) is 15.4. The summed E-state index contributed by atoms with van der Waals surface area (Å²) in [5.41, 5.74) is 0.237. The Bertz CT molecular complexity index is 581. The fourth-order valence-electron chi connectivity index (χ4n) is 3.41. The van der Waals surface area contributed by atoms with Crippen molar-refractivity contribution in [3.05, 3.63) is 23.9 Å². The molecule has 0 unspecified atom stereocenters. The van der Waals surface area contributed by atoms with Crippen LogP contribution in [0.15, 0.2) is 18.3 Å². The summed E-state index contributed by atoms with van der Waals surface area (Å²) in [5.74, 6) is 0.868. The number of hydrogen-bond acceptors (Lipinski definition) is 4. The molecule has 1 aliphatic carbocycles. The number of pyridine rings is 1. The van der Waals surface area contributed by atoms with Crippen molar-refractivity contribution >= 4 is 11.7 Å². The molecule has 2 aliphatic rings. The summed E-state index contributed by atoms with van der Waals surface area (Å²) in [6.07, 6.45) is 7.53. The number of nitrogens with zero attached hydrogens (tertiary/aromatic N) is 3. The van der Waals surface area contributed by atoms with Gasteiger partial charge in [-0.25, -0.2) is 4.98 Å². The van der Waals surface area contributed by atoms with Gasteiger partial charge in [-0.15, -0.1) is 0 Å². The Morgan fingerprint density at radius 2 is 2.05 bits per heavy atom. The highest BCUT2D eigenvalue weighted by Gasteiger charge is 2.41. The molecule has 0 bridgehead atoms. The second-order valence-corrected chi connectivity index (χ2v) is 6.30. The van der Waals surface area contributed by atoms with E-state index in [2.05, 4.69) is 21.3 Å². The first kappa shape index (κ1) is 14.8. The summed E-state index contributed by atoms with van der Waals surface area (Å²) in [5, 5.41) is 12.3. The molecule has 1 amide bonds. The average molecular weight is 298 g/mol. The number of aromatic nitrogens is 1. The number of anilines is 1. The van der Waals surface area contributed by atoms with E-state index >= 15 is 0 Å². The van der Waals surface area contributed by atoms with Gasteiger partial charge in [0.25, 0.3) is 0 Å². The van der Waals surface area contributed by atoms with E-state index in [9.17, 15) is 10.1 Å². The fraction of sp³-hybridized carbons (Fsp3) is 0.588. The van der Waals surface area contributed by atoms with Crippen LogP contribution in [0.4, 0.5) is 5.82 Å². The summed E-state index contributed by atoms with van der Waals surface area (Å²) in [7, 11) is 0. The quantitative estimate of drug-likeness (QED) is 0.926. The van der Waals surface area contributed by atoms with Crippen molar-refractivity contribution in [3.8, 4) is 6.07 Å². The van der Waals surface area contributed by atoms with Crippen LogP contribution in [0.3, 0.4) is 0 Å².